The van der Waals surface area contributed by atoms with Gasteiger partial charge in [-0.05, 0) is 32.9 Å². The predicted octanol–water partition coefficient (Wildman–Crippen LogP) is -2.28. The van der Waals surface area contributed by atoms with Crippen molar-refractivity contribution < 1.29 is 38.3 Å². The molecule has 0 aliphatic heterocycles. The number of amides is 1. The molecule has 0 spiro atoms. The van der Waals surface area contributed by atoms with Gasteiger partial charge in [-0.25, -0.2) is 10.3 Å². The summed E-state index contributed by atoms with van der Waals surface area (Å²) in [6, 6.07) is -0.556. The molecule has 0 saturated heterocycles. The Balaban J connectivity index is 0. The number of likely N-dealkylation sites (N-methyl/N-ethyl adjacent to an activating group) is 1. The molecule has 7 heteroatoms. The molecule has 0 aliphatic rings. The number of nitrogens with zero attached hydrogens (tertiary/aromatic N) is 1. The molecular formula is C12H25LiN2O4. The van der Waals surface area contributed by atoms with Crippen LogP contribution in [0.3, 0.4) is 0 Å². The van der Waals surface area contributed by atoms with Gasteiger partial charge >= 0.3 is 25.0 Å². The molecule has 0 aromatic heterocycles. The van der Waals surface area contributed by atoms with Gasteiger partial charge in [0.2, 0.25) is 0 Å². The fourth-order valence-electron chi connectivity index (χ4n) is 1.64. The van der Waals surface area contributed by atoms with E-state index in [1.807, 2.05) is 13.8 Å². The molecule has 1 amide bonds. The summed E-state index contributed by atoms with van der Waals surface area (Å²) >= 11 is 0. The zero-order chi connectivity index (χ0) is 14.5. The van der Waals surface area contributed by atoms with E-state index in [4.69, 9.17) is 4.74 Å². The fraction of sp³-hybridized carbons (Fsp3) is 0.917. The van der Waals surface area contributed by atoms with Crippen LogP contribution in [0, 0.1) is 5.92 Å². The maximum atomic E-state index is 11.9. The van der Waals surface area contributed by atoms with Crippen molar-refractivity contribution in [3.63, 3.8) is 0 Å². The van der Waals surface area contributed by atoms with E-state index in [9.17, 15) is 9.90 Å². The Kier molecular flexibility index (Phi) is 9.78. The summed E-state index contributed by atoms with van der Waals surface area (Å²) in [6.45, 7) is 9.09. The molecule has 0 saturated carbocycles. The third-order valence-corrected chi connectivity index (χ3v) is 2.36. The van der Waals surface area contributed by atoms with Crippen molar-refractivity contribution in [2.45, 2.75) is 52.5 Å². The average Bonchev–Trinajstić information content (AvgIpc) is 2.14. The molecule has 0 rings (SSSR count). The van der Waals surface area contributed by atoms with Gasteiger partial charge in [-0.3, -0.25) is 0 Å². The Labute approximate surface area is 127 Å². The van der Waals surface area contributed by atoms with E-state index in [0.29, 0.717) is 0 Å². The van der Waals surface area contributed by atoms with Crippen LogP contribution in [0.2, 0.25) is 0 Å². The van der Waals surface area contributed by atoms with Crippen molar-refractivity contribution in [1.82, 2.24) is 10.4 Å². The van der Waals surface area contributed by atoms with E-state index in [1.54, 1.807) is 27.8 Å². The summed E-state index contributed by atoms with van der Waals surface area (Å²) in [6.07, 6.45) is -1.74. The number of nitrogens with one attached hydrogen (secondary N) is 1. The number of hydrogen-bond donors (Lipinski definition) is 1. The Hall–Kier alpha value is -0.253. The topological polar surface area (TPSA) is 73.9 Å². The van der Waals surface area contributed by atoms with Crippen LogP contribution in [-0.4, -0.2) is 43.0 Å². The maximum Gasteiger partial charge on any atom is 1.00 e. The first-order chi connectivity index (χ1) is 8.10. The quantitative estimate of drug-likeness (QED) is 0.345. The van der Waals surface area contributed by atoms with E-state index in [1.165, 1.54) is 12.0 Å². The summed E-state index contributed by atoms with van der Waals surface area (Å²) in [7, 11) is 2.93. The van der Waals surface area contributed by atoms with E-state index >= 15 is 0 Å². The number of hydroxylamine groups is 1. The molecule has 19 heavy (non-hydrogen) atoms. The van der Waals surface area contributed by atoms with Crippen molar-refractivity contribution in [1.29, 1.82) is 0 Å². The van der Waals surface area contributed by atoms with Crippen LogP contribution >= 0.6 is 0 Å². The second kappa shape index (κ2) is 8.83. The summed E-state index contributed by atoms with van der Waals surface area (Å²) in [4.78, 5) is 17.9. The van der Waals surface area contributed by atoms with Gasteiger partial charge < -0.3 is 19.6 Å². The Morgan fingerprint density at radius 2 is 1.79 bits per heavy atom. The maximum absolute atomic E-state index is 11.9. The third kappa shape index (κ3) is 7.80. The molecule has 2 atom stereocenters. The molecule has 0 aromatic rings. The molecule has 0 aromatic carbocycles. The van der Waals surface area contributed by atoms with Crippen molar-refractivity contribution in [3.8, 4) is 0 Å². The molecule has 1 N–H and O–H groups in total. The third-order valence-electron chi connectivity index (χ3n) is 2.36. The SMILES string of the molecule is CONC([O-])[C@H](C(C)C)N(C)C(=O)OC(C)(C)C.[Li+]. The standard InChI is InChI=1S/C12H25N2O4.Li/c1-8(2)9(10(15)13-17-7)14(6)11(16)18-12(3,4)5;/h8-10,13H,1-7H3;/q-1;+1/t9-,10?;/m0./s1. The van der Waals surface area contributed by atoms with Crippen molar-refractivity contribution >= 4 is 6.09 Å². The van der Waals surface area contributed by atoms with Crippen LogP contribution in [0.4, 0.5) is 4.79 Å². The second-order valence-corrected chi connectivity index (χ2v) is 5.57. The minimum Gasteiger partial charge on any atom is -0.838 e. The molecule has 0 bridgehead atoms. The molecule has 108 valence electrons. The monoisotopic (exact) mass is 268 g/mol. The van der Waals surface area contributed by atoms with E-state index < -0.39 is 24.0 Å². The van der Waals surface area contributed by atoms with E-state index in [-0.39, 0.29) is 24.8 Å². The molecular weight excluding hydrogens is 243 g/mol. The molecule has 0 radical (unpaired) electrons. The van der Waals surface area contributed by atoms with Crippen LogP contribution in [0.5, 0.6) is 0 Å². The summed E-state index contributed by atoms with van der Waals surface area (Å²) in [5.41, 5.74) is 1.74. The summed E-state index contributed by atoms with van der Waals surface area (Å²) in [5.74, 6) is -0.0207. The Morgan fingerprint density at radius 3 is 2.11 bits per heavy atom. The molecule has 0 fully saturated rings. The second-order valence-electron chi connectivity index (χ2n) is 5.57. The van der Waals surface area contributed by atoms with Crippen LogP contribution in [0.25, 0.3) is 0 Å². The van der Waals surface area contributed by atoms with E-state index in [0.717, 1.165) is 0 Å². The smallest absolute Gasteiger partial charge is 0.838 e. The molecule has 0 heterocycles. The van der Waals surface area contributed by atoms with Crippen LogP contribution in [0.15, 0.2) is 0 Å². The van der Waals surface area contributed by atoms with Gasteiger partial charge in [-0.2, -0.15) is 0 Å². The minimum atomic E-state index is -1.23. The van der Waals surface area contributed by atoms with Gasteiger partial charge in [-0.1, -0.05) is 13.8 Å². The van der Waals surface area contributed by atoms with Gasteiger partial charge in [0, 0.05) is 13.1 Å². The predicted molar refractivity (Wildman–Crippen MR) is 66.6 cm³/mol. The summed E-state index contributed by atoms with van der Waals surface area (Å²) < 4.78 is 5.24. The van der Waals surface area contributed by atoms with Gasteiger partial charge in [0.05, 0.1) is 7.11 Å². The van der Waals surface area contributed by atoms with Crippen molar-refractivity contribution in [3.05, 3.63) is 0 Å². The van der Waals surface area contributed by atoms with Crippen molar-refractivity contribution in [2.75, 3.05) is 14.2 Å². The number of ether oxygens (including phenoxy) is 1. The normalized spacial score (nSPS) is 14.6. The average molecular weight is 268 g/mol. The van der Waals surface area contributed by atoms with Gasteiger partial charge in [0.25, 0.3) is 0 Å². The zero-order valence-corrected chi connectivity index (χ0v) is 13.3. The van der Waals surface area contributed by atoms with Crippen molar-refractivity contribution in [2.24, 2.45) is 5.92 Å². The van der Waals surface area contributed by atoms with Gasteiger partial charge in [-0.15, -0.1) is 0 Å². The number of rotatable bonds is 5. The molecule has 6 nitrogen and oxygen atoms in total. The fourth-order valence-corrected chi connectivity index (χ4v) is 1.64. The van der Waals surface area contributed by atoms with Crippen LogP contribution in [0.1, 0.15) is 34.6 Å². The first kappa shape index (κ1) is 21.1. The largest absolute Gasteiger partial charge is 1.00 e. The molecule has 1 unspecified atom stereocenters. The van der Waals surface area contributed by atoms with E-state index in [2.05, 4.69) is 10.3 Å². The number of carbonyl (C=O) groups excluding carboxylic acids is 1. The number of carbonyl (C=O) groups is 1. The first-order valence-corrected chi connectivity index (χ1v) is 6.00. The number of hydrogen-bond acceptors (Lipinski definition) is 5. The van der Waals surface area contributed by atoms with Gasteiger partial charge in [0.1, 0.15) is 5.60 Å². The Morgan fingerprint density at radius 1 is 1.32 bits per heavy atom. The Bertz CT molecular complexity index is 269. The minimum absolute atomic E-state index is 0. The van der Waals surface area contributed by atoms with Crippen LogP contribution < -0.4 is 29.4 Å². The zero-order valence-electron chi connectivity index (χ0n) is 13.3. The molecule has 0 aliphatic carbocycles. The summed E-state index contributed by atoms with van der Waals surface area (Å²) in [5, 5.41) is 11.9. The van der Waals surface area contributed by atoms with Gasteiger partial charge in [0.15, 0.2) is 0 Å². The van der Waals surface area contributed by atoms with Crippen LogP contribution in [-0.2, 0) is 9.57 Å². The first-order valence-electron chi connectivity index (χ1n) is 6.00.